The van der Waals surface area contributed by atoms with Crippen molar-refractivity contribution >= 4 is 46.8 Å². The quantitative estimate of drug-likeness (QED) is 0.0772. The minimum Gasteiger partial charge on any atom is -0.512 e. The molecule has 2 aliphatic rings. The number of rotatable bonds is 7. The van der Waals surface area contributed by atoms with Gasteiger partial charge in [0.05, 0.1) is 0 Å². The van der Waals surface area contributed by atoms with Gasteiger partial charge in [-0.15, -0.1) is 35.3 Å². The van der Waals surface area contributed by atoms with Gasteiger partial charge in [0.25, 0.3) is 0 Å². The van der Waals surface area contributed by atoms with E-state index in [9.17, 15) is 9.90 Å². The molecule has 0 saturated heterocycles. The maximum absolute atomic E-state index is 12.2. The molecule has 6 rings (SSSR count). The summed E-state index contributed by atoms with van der Waals surface area (Å²) in [6.07, 6.45) is 6.75. The molecular weight excluding hydrogens is 755 g/mol. The molecule has 2 aliphatic heterocycles. The zero-order valence-corrected chi connectivity index (χ0v) is 31.4. The van der Waals surface area contributed by atoms with Crippen LogP contribution in [0.3, 0.4) is 0 Å². The summed E-state index contributed by atoms with van der Waals surface area (Å²) in [4.78, 5) is 19.7. The fourth-order valence-electron chi connectivity index (χ4n) is 6.17. The molecule has 0 bridgehead atoms. The zero-order valence-electron chi connectivity index (χ0n) is 27.2. The van der Waals surface area contributed by atoms with Gasteiger partial charge in [-0.2, -0.15) is 0 Å². The SMILES string of the molecule is CCC(C)(CC)C(=O)/C=C(\O)C(C)(CC)CC.C[Si]1(C)c2cccc3c2-c2c1ccnc2-c1[c-]c2ccccc2cc1S3.[Ir]. The van der Waals surface area contributed by atoms with Crippen LogP contribution in [-0.2, 0) is 24.9 Å². The number of pyridine rings is 1. The van der Waals surface area contributed by atoms with Crippen LogP contribution in [-0.4, -0.2) is 23.9 Å². The molecule has 0 spiro atoms. The van der Waals surface area contributed by atoms with Crippen LogP contribution in [0.15, 0.2) is 82.4 Å². The van der Waals surface area contributed by atoms with Crippen molar-refractivity contribution in [3.63, 3.8) is 0 Å². The first-order valence-corrected chi connectivity index (χ1v) is 19.5. The van der Waals surface area contributed by atoms with E-state index < -0.39 is 8.07 Å². The Bertz CT molecular complexity index is 1740. The number of fused-ring (bicyclic) bond motifs is 3. The summed E-state index contributed by atoms with van der Waals surface area (Å²) in [5.74, 6) is 0.286. The molecule has 0 fully saturated rings. The fourth-order valence-corrected chi connectivity index (χ4v) is 10.4. The predicted octanol–water partition coefficient (Wildman–Crippen LogP) is 9.62. The van der Waals surface area contributed by atoms with Crippen LogP contribution in [0.5, 0.6) is 0 Å². The van der Waals surface area contributed by atoms with Gasteiger partial charge in [-0.1, -0.05) is 101 Å². The Morgan fingerprint density at radius 2 is 1.52 bits per heavy atom. The molecule has 233 valence electrons. The Morgan fingerprint density at radius 1 is 0.886 bits per heavy atom. The normalized spacial score (nSPS) is 14.5. The second-order valence-corrected chi connectivity index (χ2v) is 18.4. The summed E-state index contributed by atoms with van der Waals surface area (Å²) in [7, 11) is -1.67. The number of aromatic nitrogens is 1. The average molecular weight is 799 g/mol. The van der Waals surface area contributed by atoms with E-state index in [4.69, 9.17) is 4.98 Å². The number of allylic oxidation sites excluding steroid dienone is 2. The van der Waals surface area contributed by atoms with Crippen LogP contribution >= 0.6 is 11.8 Å². The van der Waals surface area contributed by atoms with Crippen molar-refractivity contribution in [3.8, 4) is 22.4 Å². The summed E-state index contributed by atoms with van der Waals surface area (Å²) in [5.41, 5.74) is 4.46. The van der Waals surface area contributed by atoms with Crippen molar-refractivity contribution < 1.29 is 30.0 Å². The summed E-state index contributed by atoms with van der Waals surface area (Å²) in [5, 5.41) is 15.6. The van der Waals surface area contributed by atoms with Gasteiger partial charge in [0.2, 0.25) is 0 Å². The largest absolute Gasteiger partial charge is 0.512 e. The first kappa shape index (κ1) is 34.4. The van der Waals surface area contributed by atoms with Gasteiger partial charge in [-0.05, 0) is 59.0 Å². The van der Waals surface area contributed by atoms with Gasteiger partial charge in [-0.3, -0.25) is 9.78 Å². The van der Waals surface area contributed by atoms with Crippen molar-refractivity contribution in [2.45, 2.75) is 90.1 Å². The van der Waals surface area contributed by atoms with Gasteiger partial charge in [-0.25, -0.2) is 0 Å². The standard InChI is InChI=1S/C23H16NSSi.C15H28O2.Ir/c1-26(2)19-9-5-8-17-21(19)22-20(26)10-11-24-23(22)16-12-14-6-3-4-7-15(14)13-18(16)25-17;1-7-14(5,8-2)12(16)11-13(17)15(6,9-3)10-4;/h3-11,13H,1-2H3;11,16H,7-10H2,1-6H3;/q-1;;/b;12-11-;. The Balaban J connectivity index is 0.000000218. The summed E-state index contributed by atoms with van der Waals surface area (Å²) in [6, 6.07) is 23.6. The number of carbonyl (C=O) groups excluding carboxylic acids is 1. The van der Waals surface area contributed by atoms with E-state index in [-0.39, 0.29) is 42.5 Å². The van der Waals surface area contributed by atoms with E-state index in [1.54, 1.807) is 5.19 Å². The third-order valence-corrected chi connectivity index (χ3v) is 15.0. The number of carbonyl (C=O) groups is 1. The molecule has 1 aromatic heterocycles. The Morgan fingerprint density at radius 3 is 2.18 bits per heavy atom. The van der Waals surface area contributed by atoms with Gasteiger partial charge in [0.15, 0.2) is 5.78 Å². The van der Waals surface area contributed by atoms with Crippen LogP contribution in [0.1, 0.15) is 67.2 Å². The number of benzene rings is 3. The van der Waals surface area contributed by atoms with E-state index in [1.807, 2.05) is 59.5 Å². The topological polar surface area (TPSA) is 50.2 Å². The maximum Gasteiger partial charge on any atom is 0.164 e. The van der Waals surface area contributed by atoms with Crippen molar-refractivity contribution in [2.24, 2.45) is 10.8 Å². The Kier molecular flexibility index (Phi) is 10.2. The zero-order chi connectivity index (χ0) is 31.2. The first-order chi connectivity index (χ1) is 20.4. The number of aliphatic hydroxyl groups excluding tert-OH is 1. The summed E-state index contributed by atoms with van der Waals surface area (Å²) in [6.45, 7) is 17.0. The third kappa shape index (κ3) is 5.80. The molecule has 6 heteroatoms. The first-order valence-electron chi connectivity index (χ1n) is 15.7. The molecule has 3 heterocycles. The molecule has 0 atom stereocenters. The Labute approximate surface area is 282 Å². The summed E-state index contributed by atoms with van der Waals surface area (Å²) >= 11 is 1.87. The number of nitrogens with zero attached hydrogens (tertiary/aromatic N) is 1. The monoisotopic (exact) mass is 799 g/mol. The molecule has 0 amide bonds. The molecule has 0 aliphatic carbocycles. The van der Waals surface area contributed by atoms with Crippen molar-refractivity contribution in [1.82, 2.24) is 4.98 Å². The van der Waals surface area contributed by atoms with Crippen LogP contribution in [0.2, 0.25) is 13.1 Å². The molecule has 3 aromatic carbocycles. The van der Waals surface area contributed by atoms with Crippen molar-refractivity contribution in [1.29, 1.82) is 0 Å². The molecular formula is C38H44IrNO2SSi-. The summed E-state index contributed by atoms with van der Waals surface area (Å²) < 4.78 is 0. The van der Waals surface area contributed by atoms with E-state index in [0.717, 1.165) is 42.3 Å². The molecule has 3 nitrogen and oxygen atoms in total. The van der Waals surface area contributed by atoms with Crippen molar-refractivity contribution in [2.75, 3.05) is 0 Å². The van der Waals surface area contributed by atoms with Gasteiger partial charge >= 0.3 is 0 Å². The minimum atomic E-state index is -1.67. The number of ketones is 1. The van der Waals surface area contributed by atoms with E-state index in [1.165, 1.54) is 37.6 Å². The van der Waals surface area contributed by atoms with Gasteiger partial charge in [0, 0.05) is 53.8 Å². The number of hydrogen-bond acceptors (Lipinski definition) is 4. The number of hydrogen-bond donors (Lipinski definition) is 1. The second kappa shape index (κ2) is 13.1. The van der Waals surface area contributed by atoms with E-state index >= 15 is 0 Å². The fraction of sp³-hybridized carbons (Fsp3) is 0.368. The minimum absolute atomic E-state index is 0. The second-order valence-electron chi connectivity index (χ2n) is 13.0. The van der Waals surface area contributed by atoms with E-state index in [2.05, 4.69) is 73.8 Å². The van der Waals surface area contributed by atoms with Crippen LogP contribution in [0, 0.1) is 16.9 Å². The van der Waals surface area contributed by atoms with Crippen LogP contribution in [0.4, 0.5) is 0 Å². The maximum atomic E-state index is 12.2. The predicted molar refractivity (Wildman–Crippen MR) is 185 cm³/mol. The molecule has 0 unspecified atom stereocenters. The van der Waals surface area contributed by atoms with Crippen molar-refractivity contribution in [3.05, 3.63) is 78.7 Å². The van der Waals surface area contributed by atoms with Gasteiger partial charge in [0.1, 0.15) is 13.8 Å². The molecule has 1 radical (unpaired) electrons. The molecule has 1 N–H and O–H groups in total. The molecule has 44 heavy (non-hydrogen) atoms. The Hall–Kier alpha value is -2.50. The van der Waals surface area contributed by atoms with Crippen LogP contribution in [0.25, 0.3) is 33.2 Å². The van der Waals surface area contributed by atoms with Gasteiger partial charge < -0.3 is 5.11 Å². The average Bonchev–Trinajstić information content (AvgIpc) is 3.17. The van der Waals surface area contributed by atoms with E-state index in [0.29, 0.717) is 0 Å². The number of aliphatic hydroxyl groups is 1. The molecule has 0 saturated carbocycles. The smallest absolute Gasteiger partial charge is 0.164 e. The van der Waals surface area contributed by atoms with Crippen LogP contribution < -0.4 is 10.4 Å². The molecule has 4 aromatic rings. The third-order valence-electron chi connectivity index (χ3n) is 10.4.